The number of hydrogen-bond donors (Lipinski definition) is 0. The average Bonchev–Trinajstić information content (AvgIpc) is 3.43. The van der Waals surface area contributed by atoms with Crippen molar-refractivity contribution < 1.29 is 23.9 Å². The van der Waals surface area contributed by atoms with E-state index in [-0.39, 0.29) is 17.4 Å². The standard InChI is InChI=1S/C25H25IN2O5S/c1-16-6-5-7-17(10-16)15-33-23-19(26)11-18(12-20(23)32-2)13-21-24(30)28(25(31)34-21)14-22(29)27-8-3-4-9-27/h5-7,10-13H,3-4,8-9,14-15H2,1-2H3/b21-13+. The number of thioether (sulfide) groups is 1. The fourth-order valence-corrected chi connectivity index (χ4v) is 5.53. The van der Waals surface area contributed by atoms with E-state index in [1.165, 1.54) is 0 Å². The highest BCUT2D eigenvalue weighted by Gasteiger charge is 2.37. The minimum Gasteiger partial charge on any atom is -0.493 e. The lowest BCUT2D eigenvalue weighted by molar-refractivity contribution is -0.135. The number of carbonyl (C=O) groups is 3. The van der Waals surface area contributed by atoms with Gasteiger partial charge in [0.1, 0.15) is 13.2 Å². The molecule has 0 bridgehead atoms. The predicted octanol–water partition coefficient (Wildman–Crippen LogP) is 4.85. The molecular formula is C25H25IN2O5S. The molecule has 34 heavy (non-hydrogen) atoms. The number of nitrogens with zero attached hydrogens (tertiary/aromatic N) is 2. The Morgan fingerprint density at radius 2 is 1.94 bits per heavy atom. The maximum absolute atomic E-state index is 12.9. The molecule has 0 saturated carbocycles. The monoisotopic (exact) mass is 592 g/mol. The fourth-order valence-electron chi connectivity index (χ4n) is 3.91. The molecule has 3 amide bonds. The van der Waals surface area contributed by atoms with Gasteiger partial charge in [0.05, 0.1) is 15.6 Å². The van der Waals surface area contributed by atoms with Crippen molar-refractivity contribution in [3.63, 3.8) is 0 Å². The number of ether oxygens (including phenoxy) is 2. The van der Waals surface area contributed by atoms with E-state index in [2.05, 4.69) is 28.7 Å². The second-order valence-electron chi connectivity index (χ2n) is 8.17. The summed E-state index contributed by atoms with van der Waals surface area (Å²) in [5, 5.41) is -0.427. The van der Waals surface area contributed by atoms with Gasteiger partial charge in [-0.05, 0) is 83.5 Å². The van der Waals surface area contributed by atoms with Crippen LogP contribution in [0.2, 0.25) is 0 Å². The maximum atomic E-state index is 12.9. The Bertz CT molecular complexity index is 1160. The van der Waals surface area contributed by atoms with Gasteiger partial charge in [0.25, 0.3) is 11.1 Å². The third kappa shape index (κ3) is 5.57. The number of methoxy groups -OCH3 is 1. The molecule has 0 spiro atoms. The van der Waals surface area contributed by atoms with Gasteiger partial charge < -0.3 is 14.4 Å². The molecule has 9 heteroatoms. The fraction of sp³-hybridized carbons (Fsp3) is 0.320. The molecule has 2 aliphatic rings. The van der Waals surface area contributed by atoms with Crippen molar-refractivity contribution in [3.05, 3.63) is 61.6 Å². The molecule has 2 aromatic carbocycles. The van der Waals surface area contributed by atoms with Crippen LogP contribution in [-0.2, 0) is 16.2 Å². The van der Waals surface area contributed by atoms with Crippen LogP contribution in [0, 0.1) is 10.5 Å². The molecule has 0 unspecified atom stereocenters. The Hall–Kier alpha value is -2.53. The number of likely N-dealkylation sites (tertiary alicyclic amines) is 1. The lowest BCUT2D eigenvalue weighted by Gasteiger charge is -2.18. The van der Waals surface area contributed by atoms with E-state index in [9.17, 15) is 14.4 Å². The number of aryl methyl sites for hydroxylation is 1. The van der Waals surface area contributed by atoms with Crippen molar-refractivity contribution in [1.82, 2.24) is 9.80 Å². The molecule has 0 N–H and O–H groups in total. The van der Waals surface area contributed by atoms with Crippen LogP contribution in [-0.4, -0.2) is 53.6 Å². The van der Waals surface area contributed by atoms with E-state index in [0.717, 1.165) is 44.2 Å². The number of imide groups is 1. The van der Waals surface area contributed by atoms with Gasteiger partial charge in [-0.3, -0.25) is 19.3 Å². The van der Waals surface area contributed by atoms with Crippen molar-refractivity contribution in [1.29, 1.82) is 0 Å². The zero-order valence-electron chi connectivity index (χ0n) is 19.0. The molecular weight excluding hydrogens is 567 g/mol. The first-order valence-electron chi connectivity index (χ1n) is 10.9. The van der Waals surface area contributed by atoms with Crippen LogP contribution in [0.4, 0.5) is 4.79 Å². The zero-order chi connectivity index (χ0) is 24.2. The first kappa shape index (κ1) is 24.6. The van der Waals surface area contributed by atoms with Gasteiger partial charge in [0, 0.05) is 13.1 Å². The van der Waals surface area contributed by atoms with Gasteiger partial charge in [-0.2, -0.15) is 0 Å². The maximum Gasteiger partial charge on any atom is 0.294 e. The summed E-state index contributed by atoms with van der Waals surface area (Å²) in [6.07, 6.45) is 3.57. The molecule has 2 fully saturated rings. The topological polar surface area (TPSA) is 76.2 Å². The minimum atomic E-state index is -0.448. The number of hydrogen-bond acceptors (Lipinski definition) is 6. The first-order valence-corrected chi connectivity index (χ1v) is 12.8. The van der Waals surface area contributed by atoms with Crippen LogP contribution in [0.15, 0.2) is 41.3 Å². The van der Waals surface area contributed by atoms with Crippen LogP contribution in [0.3, 0.4) is 0 Å². The van der Waals surface area contributed by atoms with Crippen molar-refractivity contribution in [2.75, 3.05) is 26.7 Å². The number of halogens is 1. The number of amides is 3. The minimum absolute atomic E-state index is 0.188. The van der Waals surface area contributed by atoms with Crippen LogP contribution in [0.25, 0.3) is 6.08 Å². The lowest BCUT2D eigenvalue weighted by Crippen LogP contribution is -2.40. The quantitative estimate of drug-likeness (QED) is 0.338. The Labute approximate surface area is 216 Å². The molecule has 178 valence electrons. The van der Waals surface area contributed by atoms with Gasteiger partial charge in [-0.15, -0.1) is 0 Å². The average molecular weight is 592 g/mol. The molecule has 2 aromatic rings. The van der Waals surface area contributed by atoms with Gasteiger partial charge in [-0.25, -0.2) is 0 Å². The molecule has 4 rings (SSSR count). The van der Waals surface area contributed by atoms with E-state index >= 15 is 0 Å². The number of benzene rings is 2. The summed E-state index contributed by atoms with van der Waals surface area (Å²) in [5.41, 5.74) is 2.92. The Balaban J connectivity index is 1.49. The van der Waals surface area contributed by atoms with Crippen LogP contribution >= 0.6 is 34.4 Å². The smallest absolute Gasteiger partial charge is 0.294 e. The van der Waals surface area contributed by atoms with Gasteiger partial charge in [0.2, 0.25) is 5.91 Å². The van der Waals surface area contributed by atoms with Gasteiger partial charge >= 0.3 is 0 Å². The summed E-state index contributed by atoms with van der Waals surface area (Å²) >= 11 is 3.02. The van der Waals surface area contributed by atoms with Crippen LogP contribution in [0.1, 0.15) is 29.5 Å². The second-order valence-corrected chi connectivity index (χ2v) is 10.3. The molecule has 2 heterocycles. The highest BCUT2D eigenvalue weighted by atomic mass is 127. The third-order valence-electron chi connectivity index (χ3n) is 5.64. The molecule has 0 aliphatic carbocycles. The molecule has 2 saturated heterocycles. The normalized spacial score (nSPS) is 17.1. The Kier molecular flexibility index (Phi) is 7.82. The molecule has 0 radical (unpaired) electrons. The third-order valence-corrected chi connectivity index (χ3v) is 7.35. The largest absolute Gasteiger partial charge is 0.493 e. The van der Waals surface area contributed by atoms with Crippen molar-refractivity contribution in [3.8, 4) is 11.5 Å². The molecule has 2 aliphatic heterocycles. The van der Waals surface area contributed by atoms with Crippen molar-refractivity contribution in [2.45, 2.75) is 26.4 Å². The first-order chi connectivity index (χ1) is 16.4. The van der Waals surface area contributed by atoms with E-state index < -0.39 is 11.1 Å². The predicted molar refractivity (Wildman–Crippen MR) is 140 cm³/mol. The summed E-state index contributed by atoms with van der Waals surface area (Å²) in [7, 11) is 1.56. The van der Waals surface area contributed by atoms with E-state index in [1.807, 2.05) is 31.2 Å². The summed E-state index contributed by atoms with van der Waals surface area (Å²) in [6, 6.07) is 11.7. The van der Waals surface area contributed by atoms with Crippen LogP contribution < -0.4 is 9.47 Å². The SMILES string of the molecule is COc1cc(/C=C2/SC(=O)N(CC(=O)N3CCCC3)C2=O)cc(I)c1OCc1cccc(C)c1. The molecule has 0 aromatic heterocycles. The number of rotatable bonds is 7. The lowest BCUT2D eigenvalue weighted by atomic mass is 10.1. The highest BCUT2D eigenvalue weighted by molar-refractivity contribution is 14.1. The summed E-state index contributed by atoms with van der Waals surface area (Å²) in [5.74, 6) is 0.518. The molecule has 7 nitrogen and oxygen atoms in total. The summed E-state index contributed by atoms with van der Waals surface area (Å²) in [6.45, 7) is 3.58. The number of carbonyl (C=O) groups excluding carboxylic acids is 3. The van der Waals surface area contributed by atoms with Crippen molar-refractivity contribution >= 4 is 57.5 Å². The van der Waals surface area contributed by atoms with Crippen LogP contribution in [0.5, 0.6) is 11.5 Å². The zero-order valence-corrected chi connectivity index (χ0v) is 22.0. The Morgan fingerprint density at radius 1 is 1.18 bits per heavy atom. The van der Waals surface area contributed by atoms with Crippen molar-refractivity contribution in [2.24, 2.45) is 0 Å². The van der Waals surface area contributed by atoms with Gasteiger partial charge in [-0.1, -0.05) is 29.8 Å². The highest BCUT2D eigenvalue weighted by Crippen LogP contribution is 2.37. The van der Waals surface area contributed by atoms with Gasteiger partial charge in [0.15, 0.2) is 11.5 Å². The second kappa shape index (κ2) is 10.8. The summed E-state index contributed by atoms with van der Waals surface area (Å²) < 4.78 is 12.4. The van der Waals surface area contributed by atoms with E-state index in [4.69, 9.17) is 9.47 Å². The van der Waals surface area contributed by atoms with E-state index in [1.54, 1.807) is 24.2 Å². The Morgan fingerprint density at radius 3 is 2.65 bits per heavy atom. The van der Waals surface area contributed by atoms with E-state index in [0.29, 0.717) is 36.8 Å². The molecule has 0 atom stereocenters. The summed E-state index contributed by atoms with van der Waals surface area (Å²) in [4.78, 5) is 40.7.